The number of furan rings is 1. The lowest BCUT2D eigenvalue weighted by atomic mass is 10.1. The van der Waals surface area contributed by atoms with E-state index in [0.29, 0.717) is 26.6 Å². The van der Waals surface area contributed by atoms with Gasteiger partial charge in [0.1, 0.15) is 11.5 Å². The zero-order valence-electron chi connectivity index (χ0n) is 16.5. The molecule has 152 valence electrons. The van der Waals surface area contributed by atoms with Crippen molar-refractivity contribution in [1.82, 2.24) is 5.32 Å². The fourth-order valence-electron chi connectivity index (χ4n) is 3.08. The predicted molar refractivity (Wildman–Crippen MR) is 125 cm³/mol. The maximum Gasteiger partial charge on any atom is 0.264 e. The number of hydrogen-bond acceptors (Lipinski definition) is 4. The first kappa shape index (κ1) is 20.5. The van der Waals surface area contributed by atoms with Crippen molar-refractivity contribution in [2.45, 2.75) is 26.2 Å². The summed E-state index contributed by atoms with van der Waals surface area (Å²) in [5.74, 6) is 1.06. The van der Waals surface area contributed by atoms with Gasteiger partial charge in [0.05, 0.1) is 15.6 Å². The second kappa shape index (κ2) is 9.37. The summed E-state index contributed by atoms with van der Waals surface area (Å²) in [6, 6.07) is 19.3. The number of amides is 1. The van der Waals surface area contributed by atoms with E-state index in [0.717, 1.165) is 17.7 Å². The standard InChI is InChI=1S/C24H21ClN2O2S/c1-2-3-6-16-9-11-17(12-10-16)26-24-27-23(28)22(30-24)15-18-13-14-21(29-18)19-7-4-5-8-20(19)25/h4-5,7-15H,2-3,6H2,1H3,(H,26,27,28). The van der Waals surface area contributed by atoms with Gasteiger partial charge in [-0.3, -0.25) is 4.79 Å². The summed E-state index contributed by atoms with van der Waals surface area (Å²) in [6.07, 6.45) is 5.15. The summed E-state index contributed by atoms with van der Waals surface area (Å²) in [5.41, 5.74) is 2.94. The van der Waals surface area contributed by atoms with Gasteiger partial charge >= 0.3 is 0 Å². The first-order valence-corrected chi connectivity index (χ1v) is 11.0. The van der Waals surface area contributed by atoms with E-state index < -0.39 is 0 Å². The average Bonchev–Trinajstić information content (AvgIpc) is 3.34. The highest BCUT2D eigenvalue weighted by atomic mass is 35.5. The molecule has 0 aliphatic carbocycles. The Morgan fingerprint density at radius 2 is 1.90 bits per heavy atom. The number of nitrogens with one attached hydrogen (secondary N) is 1. The topological polar surface area (TPSA) is 54.6 Å². The van der Waals surface area contributed by atoms with E-state index in [1.54, 1.807) is 6.08 Å². The van der Waals surface area contributed by atoms with Crippen molar-refractivity contribution in [1.29, 1.82) is 0 Å². The van der Waals surface area contributed by atoms with Gasteiger partial charge in [-0.1, -0.05) is 49.2 Å². The van der Waals surface area contributed by atoms with Gasteiger partial charge < -0.3 is 9.73 Å². The van der Waals surface area contributed by atoms with Gasteiger partial charge in [-0.25, -0.2) is 4.99 Å². The third-order valence-corrected chi connectivity index (χ3v) is 5.92. The first-order chi connectivity index (χ1) is 14.6. The summed E-state index contributed by atoms with van der Waals surface area (Å²) in [7, 11) is 0. The van der Waals surface area contributed by atoms with Gasteiger partial charge in [0.25, 0.3) is 5.91 Å². The van der Waals surface area contributed by atoms with Crippen molar-refractivity contribution in [3.8, 4) is 11.3 Å². The number of hydrogen-bond donors (Lipinski definition) is 1. The SMILES string of the molecule is CCCCc1ccc(N=C2NC(=O)C(=Cc3ccc(-c4ccccc4Cl)o3)S2)cc1. The lowest BCUT2D eigenvalue weighted by Crippen LogP contribution is -2.19. The fourth-order valence-corrected chi connectivity index (χ4v) is 4.13. The largest absolute Gasteiger partial charge is 0.457 e. The monoisotopic (exact) mass is 436 g/mol. The summed E-state index contributed by atoms with van der Waals surface area (Å²) >= 11 is 7.53. The Morgan fingerprint density at radius 3 is 2.67 bits per heavy atom. The quantitative estimate of drug-likeness (QED) is 0.430. The molecule has 0 unspecified atom stereocenters. The number of rotatable bonds is 6. The molecule has 4 rings (SSSR count). The van der Waals surface area contributed by atoms with Crippen LogP contribution in [-0.2, 0) is 11.2 Å². The molecule has 0 spiro atoms. The van der Waals surface area contributed by atoms with Crippen LogP contribution in [0.4, 0.5) is 5.69 Å². The molecular weight excluding hydrogens is 416 g/mol. The smallest absolute Gasteiger partial charge is 0.264 e. The predicted octanol–water partition coefficient (Wildman–Crippen LogP) is 6.83. The highest BCUT2D eigenvalue weighted by Crippen LogP contribution is 2.32. The van der Waals surface area contributed by atoms with Crippen molar-refractivity contribution in [2.75, 3.05) is 0 Å². The van der Waals surface area contributed by atoms with E-state index in [4.69, 9.17) is 16.0 Å². The Hall–Kier alpha value is -2.76. The van der Waals surface area contributed by atoms with E-state index in [9.17, 15) is 4.79 Å². The number of aryl methyl sites for hydroxylation is 1. The molecule has 6 heteroatoms. The second-order valence-electron chi connectivity index (χ2n) is 6.93. The summed E-state index contributed by atoms with van der Waals surface area (Å²) < 4.78 is 5.87. The Labute approximate surface area is 185 Å². The van der Waals surface area contributed by atoms with Crippen LogP contribution in [0.3, 0.4) is 0 Å². The number of aliphatic imine (C=N–C) groups is 1. The third kappa shape index (κ3) is 4.86. The normalized spacial score (nSPS) is 16.4. The molecule has 0 atom stereocenters. The number of amidine groups is 1. The lowest BCUT2D eigenvalue weighted by Gasteiger charge is -2.01. The van der Waals surface area contributed by atoms with Gasteiger partial charge in [-0.15, -0.1) is 0 Å². The van der Waals surface area contributed by atoms with Crippen LogP contribution >= 0.6 is 23.4 Å². The van der Waals surface area contributed by atoms with Crippen molar-refractivity contribution in [3.63, 3.8) is 0 Å². The van der Waals surface area contributed by atoms with Gasteiger partial charge in [-0.2, -0.15) is 0 Å². The molecule has 1 aliphatic rings. The van der Waals surface area contributed by atoms with Crippen LogP contribution in [0, 0.1) is 0 Å². The summed E-state index contributed by atoms with van der Waals surface area (Å²) in [4.78, 5) is 17.4. The molecule has 1 fully saturated rings. The Morgan fingerprint density at radius 1 is 1.10 bits per heavy atom. The number of unbranched alkanes of at least 4 members (excludes halogenated alkanes) is 1. The molecule has 30 heavy (non-hydrogen) atoms. The van der Waals surface area contributed by atoms with E-state index in [2.05, 4.69) is 29.4 Å². The second-order valence-corrected chi connectivity index (χ2v) is 8.37. The van der Waals surface area contributed by atoms with Crippen molar-refractivity contribution >= 4 is 46.2 Å². The molecular formula is C24H21ClN2O2S. The number of thioether (sulfide) groups is 1. The molecule has 1 amide bonds. The summed E-state index contributed by atoms with van der Waals surface area (Å²) in [6.45, 7) is 2.19. The minimum absolute atomic E-state index is 0.186. The van der Waals surface area contributed by atoms with Gasteiger partial charge in [0.15, 0.2) is 5.17 Å². The lowest BCUT2D eigenvalue weighted by molar-refractivity contribution is -0.115. The maximum atomic E-state index is 12.3. The van der Waals surface area contributed by atoms with Gasteiger partial charge in [0.2, 0.25) is 0 Å². The molecule has 1 saturated heterocycles. The summed E-state index contributed by atoms with van der Waals surface area (Å²) in [5, 5.41) is 3.99. The zero-order chi connectivity index (χ0) is 20.9. The highest BCUT2D eigenvalue weighted by molar-refractivity contribution is 8.18. The zero-order valence-corrected chi connectivity index (χ0v) is 18.1. The molecule has 1 aliphatic heterocycles. The molecule has 2 heterocycles. The van der Waals surface area contributed by atoms with Crippen LogP contribution in [0.1, 0.15) is 31.1 Å². The Kier molecular flexibility index (Phi) is 6.41. The van der Waals surface area contributed by atoms with Crippen LogP contribution in [0.15, 0.2) is 75.0 Å². The molecule has 0 saturated carbocycles. The number of benzene rings is 2. The minimum atomic E-state index is -0.186. The van der Waals surface area contributed by atoms with Crippen molar-refractivity contribution < 1.29 is 9.21 Å². The van der Waals surface area contributed by atoms with Gasteiger partial charge in [-0.05, 0) is 66.6 Å². The minimum Gasteiger partial charge on any atom is -0.457 e. The average molecular weight is 437 g/mol. The number of halogens is 1. The molecule has 3 aromatic rings. The maximum absolute atomic E-state index is 12.3. The van der Waals surface area contributed by atoms with Crippen LogP contribution in [-0.4, -0.2) is 11.1 Å². The number of carbonyl (C=O) groups is 1. The van der Waals surface area contributed by atoms with Gasteiger partial charge in [0, 0.05) is 11.6 Å². The van der Waals surface area contributed by atoms with Crippen LogP contribution in [0.5, 0.6) is 0 Å². The Bertz CT molecular complexity index is 1120. The Balaban J connectivity index is 1.48. The third-order valence-electron chi connectivity index (χ3n) is 4.68. The molecule has 2 aromatic carbocycles. The highest BCUT2D eigenvalue weighted by Gasteiger charge is 2.24. The molecule has 1 aromatic heterocycles. The van der Waals surface area contributed by atoms with E-state index >= 15 is 0 Å². The van der Waals surface area contributed by atoms with Crippen LogP contribution in [0.25, 0.3) is 17.4 Å². The van der Waals surface area contributed by atoms with E-state index in [-0.39, 0.29) is 5.91 Å². The first-order valence-electron chi connectivity index (χ1n) is 9.85. The number of carbonyl (C=O) groups excluding carboxylic acids is 1. The van der Waals surface area contributed by atoms with E-state index in [1.807, 2.05) is 48.5 Å². The molecule has 0 radical (unpaired) electrons. The van der Waals surface area contributed by atoms with Crippen LogP contribution < -0.4 is 5.32 Å². The molecule has 1 N–H and O–H groups in total. The number of nitrogens with zero attached hydrogens (tertiary/aromatic N) is 1. The van der Waals surface area contributed by atoms with Crippen LogP contribution in [0.2, 0.25) is 5.02 Å². The van der Waals surface area contributed by atoms with E-state index in [1.165, 1.54) is 30.2 Å². The van der Waals surface area contributed by atoms with Crippen molar-refractivity contribution in [2.24, 2.45) is 4.99 Å². The fraction of sp³-hybridized carbons (Fsp3) is 0.167. The van der Waals surface area contributed by atoms with Crippen molar-refractivity contribution in [3.05, 3.63) is 81.9 Å². The molecule has 0 bridgehead atoms. The molecule has 4 nitrogen and oxygen atoms in total.